The summed E-state index contributed by atoms with van der Waals surface area (Å²) in [5, 5.41) is 21.8. The van der Waals surface area contributed by atoms with Crippen LogP contribution < -0.4 is 5.73 Å². The lowest BCUT2D eigenvalue weighted by Crippen LogP contribution is -2.47. The summed E-state index contributed by atoms with van der Waals surface area (Å²) in [7, 11) is -4.67. The van der Waals surface area contributed by atoms with E-state index in [1.807, 2.05) is 18.2 Å². The zero-order valence-electron chi connectivity index (χ0n) is 20.2. The molecule has 0 fully saturated rings. The summed E-state index contributed by atoms with van der Waals surface area (Å²) in [5.74, 6) is -0.218. The van der Waals surface area contributed by atoms with Crippen molar-refractivity contribution in [3.8, 4) is 0 Å². The number of aliphatic hydroxyl groups excluding tert-OH is 1. The fourth-order valence-corrected chi connectivity index (χ4v) is 4.15. The normalized spacial score (nSPS) is 16.1. The Morgan fingerprint density at radius 1 is 1.17 bits per heavy atom. The van der Waals surface area contributed by atoms with E-state index in [2.05, 4.69) is 0 Å². The summed E-state index contributed by atoms with van der Waals surface area (Å²) >= 11 is 0. The summed E-state index contributed by atoms with van der Waals surface area (Å²) in [6, 6.07) is 4.03. The molecule has 8 nitrogen and oxygen atoms in total. The Kier molecular flexibility index (Phi) is 6.00. The third-order valence-corrected chi connectivity index (χ3v) is 5.84. The van der Waals surface area contributed by atoms with Crippen LogP contribution in [0.4, 0.5) is 5.69 Å². The minimum Gasteiger partial charge on any atom is -0.390 e. The van der Waals surface area contributed by atoms with Crippen molar-refractivity contribution >= 4 is 15.7 Å². The topological polar surface area (TPSA) is 127 Å². The highest BCUT2D eigenvalue weighted by Crippen LogP contribution is 2.21. The van der Waals surface area contributed by atoms with E-state index in [4.69, 9.17) is 11.2 Å². The van der Waals surface area contributed by atoms with Gasteiger partial charge in [0, 0.05) is 31.2 Å². The molecule has 0 aliphatic heterocycles. The molecule has 2 atom stereocenters. The molecule has 0 unspecified atom stereocenters. The third kappa shape index (κ3) is 6.33. The maximum Gasteiger partial charge on any atom is 0.269 e. The standard InChI is InChI=1S/C20H27N3O5S/c1-15(2)13-22(14-20(24)19(21)12-16-6-4-3-5-7-16)29(27,28)18-10-8-17(9-11-18)23(25)26/h3-11,15,19-20,24H,12-14,21H2,1-2H3/t19-,20+/m0/s1/i8D,9D,10D,11D. The Morgan fingerprint density at radius 3 is 2.28 bits per heavy atom. The number of hydrogen-bond donors (Lipinski definition) is 2. The van der Waals surface area contributed by atoms with Gasteiger partial charge < -0.3 is 10.8 Å². The lowest BCUT2D eigenvalue weighted by molar-refractivity contribution is -0.384. The predicted molar refractivity (Wildman–Crippen MR) is 111 cm³/mol. The predicted octanol–water partition coefficient (Wildman–Crippen LogP) is 2.17. The zero-order chi connectivity index (χ0) is 25.1. The molecule has 0 saturated heterocycles. The Morgan fingerprint density at radius 2 is 1.76 bits per heavy atom. The number of aliphatic hydroxyl groups is 1. The third-order valence-electron chi connectivity index (χ3n) is 4.14. The summed E-state index contributed by atoms with van der Waals surface area (Å²) in [6.07, 6.45) is -1.03. The van der Waals surface area contributed by atoms with Gasteiger partial charge >= 0.3 is 0 Å². The highest BCUT2D eigenvalue weighted by atomic mass is 32.2. The smallest absolute Gasteiger partial charge is 0.269 e. The van der Waals surface area contributed by atoms with E-state index >= 15 is 0 Å². The second-order valence-electron chi connectivity index (χ2n) is 7.07. The molecule has 0 heterocycles. The van der Waals surface area contributed by atoms with Crippen molar-refractivity contribution in [2.24, 2.45) is 11.7 Å². The van der Waals surface area contributed by atoms with Crippen LogP contribution in [0, 0.1) is 16.0 Å². The first-order chi connectivity index (χ1) is 15.3. The van der Waals surface area contributed by atoms with Gasteiger partial charge in [-0.25, -0.2) is 8.42 Å². The van der Waals surface area contributed by atoms with Crippen molar-refractivity contribution in [2.45, 2.75) is 37.3 Å². The van der Waals surface area contributed by atoms with Crippen LogP contribution in [0.5, 0.6) is 0 Å². The van der Waals surface area contributed by atoms with Crippen LogP contribution >= 0.6 is 0 Å². The average Bonchev–Trinajstić information content (AvgIpc) is 2.72. The van der Waals surface area contributed by atoms with E-state index in [1.165, 1.54) is 0 Å². The van der Waals surface area contributed by atoms with Gasteiger partial charge in [0.05, 0.1) is 21.4 Å². The minimum atomic E-state index is -4.67. The minimum absolute atomic E-state index is 0.103. The van der Waals surface area contributed by atoms with E-state index in [0.717, 1.165) is 9.87 Å². The van der Waals surface area contributed by atoms with E-state index in [1.54, 1.807) is 26.0 Å². The number of sulfonamides is 1. The van der Waals surface area contributed by atoms with Gasteiger partial charge in [0.2, 0.25) is 10.0 Å². The SMILES string of the molecule is [2H]c1c([2H])c(S(=O)(=O)N(CC(C)C)C[C@@H](O)[C@@H](N)Cc2ccccc2)c([2H])c([2H])c1[N+](=O)[O-]. The Hall–Kier alpha value is -2.33. The van der Waals surface area contributed by atoms with Crippen molar-refractivity contribution in [3.05, 3.63) is 70.2 Å². The first-order valence-electron chi connectivity index (χ1n) is 11.0. The highest BCUT2D eigenvalue weighted by Gasteiger charge is 2.29. The number of nitro groups is 1. The largest absolute Gasteiger partial charge is 0.390 e. The summed E-state index contributed by atoms with van der Waals surface area (Å²) in [6.45, 7) is 2.90. The fourth-order valence-electron chi connectivity index (χ4n) is 2.69. The van der Waals surface area contributed by atoms with Crippen LogP contribution in [0.2, 0.25) is 0 Å². The number of benzene rings is 2. The van der Waals surface area contributed by atoms with Crippen molar-refractivity contribution in [1.82, 2.24) is 4.31 Å². The highest BCUT2D eigenvalue weighted by molar-refractivity contribution is 7.89. The molecule has 0 saturated carbocycles. The molecule has 2 aromatic rings. The number of nitrogens with zero attached hydrogens (tertiary/aromatic N) is 2. The van der Waals surface area contributed by atoms with Gasteiger partial charge in [-0.15, -0.1) is 0 Å². The van der Waals surface area contributed by atoms with Crippen molar-refractivity contribution in [2.75, 3.05) is 13.1 Å². The Bertz CT molecular complexity index is 1090. The molecule has 0 spiro atoms. The molecule has 0 aromatic heterocycles. The molecule has 0 aliphatic rings. The van der Waals surface area contributed by atoms with Gasteiger partial charge in [0.25, 0.3) is 5.69 Å². The lowest BCUT2D eigenvalue weighted by Gasteiger charge is -2.28. The van der Waals surface area contributed by atoms with Crippen LogP contribution in [0.25, 0.3) is 0 Å². The van der Waals surface area contributed by atoms with Crippen molar-refractivity contribution < 1.29 is 23.9 Å². The molecule has 3 N–H and O–H groups in total. The van der Waals surface area contributed by atoms with Gasteiger partial charge in [0.15, 0.2) is 0 Å². The molecular formula is C20H27N3O5S. The maximum absolute atomic E-state index is 13.4. The van der Waals surface area contributed by atoms with E-state index in [0.29, 0.717) is 0 Å². The van der Waals surface area contributed by atoms with Crippen molar-refractivity contribution in [1.29, 1.82) is 0 Å². The average molecular weight is 426 g/mol. The van der Waals surface area contributed by atoms with Gasteiger partial charge in [-0.1, -0.05) is 44.2 Å². The molecule has 158 valence electrons. The summed E-state index contributed by atoms with van der Waals surface area (Å²) < 4.78 is 59.4. The molecule has 0 bridgehead atoms. The molecule has 0 aliphatic carbocycles. The maximum atomic E-state index is 13.4. The first kappa shape index (κ1) is 17.5. The van der Waals surface area contributed by atoms with Crippen LogP contribution in [-0.4, -0.2) is 48.0 Å². The monoisotopic (exact) mass is 425 g/mol. The van der Waals surface area contributed by atoms with Crippen LogP contribution in [0.3, 0.4) is 0 Å². The lowest BCUT2D eigenvalue weighted by atomic mass is 10.0. The Labute approximate surface area is 176 Å². The number of nitro benzene ring substituents is 1. The van der Waals surface area contributed by atoms with Crippen LogP contribution in [0.15, 0.2) is 59.4 Å². The molecular weight excluding hydrogens is 394 g/mol. The van der Waals surface area contributed by atoms with Crippen LogP contribution in [-0.2, 0) is 16.4 Å². The zero-order valence-corrected chi connectivity index (χ0v) is 17.0. The van der Waals surface area contributed by atoms with Crippen molar-refractivity contribution in [3.63, 3.8) is 0 Å². The second-order valence-corrected chi connectivity index (χ2v) is 8.95. The van der Waals surface area contributed by atoms with E-state index in [9.17, 15) is 23.6 Å². The summed E-state index contributed by atoms with van der Waals surface area (Å²) in [5.41, 5.74) is 5.83. The summed E-state index contributed by atoms with van der Waals surface area (Å²) in [4.78, 5) is 9.08. The molecule has 0 amide bonds. The molecule has 29 heavy (non-hydrogen) atoms. The number of hydrogen-bond acceptors (Lipinski definition) is 6. The van der Waals surface area contributed by atoms with Gasteiger partial charge in [-0.05, 0) is 30.0 Å². The van der Waals surface area contributed by atoms with Gasteiger partial charge in [0.1, 0.15) is 0 Å². The van der Waals surface area contributed by atoms with Gasteiger partial charge in [-0.3, -0.25) is 10.1 Å². The number of rotatable bonds is 10. The molecule has 2 aromatic carbocycles. The van der Waals surface area contributed by atoms with Crippen LogP contribution in [0.1, 0.15) is 24.9 Å². The second kappa shape index (κ2) is 9.93. The van der Waals surface area contributed by atoms with E-state index < -0.39 is 68.4 Å². The first-order valence-corrected chi connectivity index (χ1v) is 10.4. The number of nitrogens with two attached hydrogens (primary N) is 1. The molecule has 2 rings (SSSR count). The Balaban J connectivity index is 2.46. The fraction of sp³-hybridized carbons (Fsp3) is 0.400. The molecule has 9 heteroatoms. The molecule has 0 radical (unpaired) electrons. The van der Waals surface area contributed by atoms with E-state index in [-0.39, 0.29) is 18.9 Å². The van der Waals surface area contributed by atoms with Gasteiger partial charge in [-0.2, -0.15) is 4.31 Å². The quantitative estimate of drug-likeness (QED) is 0.444.